The molecule has 27 heavy (non-hydrogen) atoms. The van der Waals surface area contributed by atoms with Gasteiger partial charge in [-0.3, -0.25) is 4.79 Å². The fraction of sp³-hybridized carbons (Fsp3) is 0.500. The zero-order chi connectivity index (χ0) is 19.8. The molecule has 0 saturated carbocycles. The van der Waals surface area contributed by atoms with E-state index in [1.165, 1.54) is 27.4 Å². The van der Waals surface area contributed by atoms with Crippen molar-refractivity contribution in [1.29, 1.82) is 0 Å². The Morgan fingerprint density at radius 3 is 2.37 bits per heavy atom. The molecule has 148 valence electrons. The number of amides is 1. The average molecular weight is 377 g/mol. The lowest BCUT2D eigenvalue weighted by molar-refractivity contribution is -0.149. The van der Waals surface area contributed by atoms with Crippen LogP contribution in [0.5, 0.6) is 17.2 Å². The van der Waals surface area contributed by atoms with Crippen molar-refractivity contribution >= 4 is 18.0 Å². The number of methoxy groups -OCH3 is 3. The molecule has 1 fully saturated rings. The number of hydrogen-bond donors (Lipinski definition) is 0. The van der Waals surface area contributed by atoms with Crippen LogP contribution in [0.25, 0.3) is 6.08 Å². The summed E-state index contributed by atoms with van der Waals surface area (Å²) in [6.45, 7) is 2.48. The zero-order valence-corrected chi connectivity index (χ0v) is 16.3. The summed E-state index contributed by atoms with van der Waals surface area (Å²) < 4.78 is 20.9. The molecule has 0 aliphatic carbocycles. The van der Waals surface area contributed by atoms with Crippen LogP contribution in [0.15, 0.2) is 18.2 Å². The van der Waals surface area contributed by atoms with E-state index >= 15 is 0 Å². The van der Waals surface area contributed by atoms with E-state index < -0.39 is 5.97 Å². The number of carbonyl (C=O) groups excluding carboxylic acids is 2. The molecule has 1 amide bonds. The van der Waals surface area contributed by atoms with E-state index in [2.05, 4.69) is 0 Å². The lowest BCUT2D eigenvalue weighted by atomic mass is 10.0. The van der Waals surface area contributed by atoms with E-state index in [1.54, 1.807) is 23.1 Å². The molecule has 0 N–H and O–H groups in total. The molecular weight excluding hydrogens is 350 g/mol. The summed E-state index contributed by atoms with van der Waals surface area (Å²) in [6, 6.07) is 3.56. The molecule has 0 radical (unpaired) electrons. The molecule has 1 aliphatic heterocycles. The first-order valence-electron chi connectivity index (χ1n) is 8.94. The maximum atomic E-state index is 12.2. The third-order valence-corrected chi connectivity index (χ3v) is 4.60. The fourth-order valence-corrected chi connectivity index (χ4v) is 3.07. The minimum Gasteiger partial charge on any atom is -0.496 e. The first kappa shape index (κ1) is 20.6. The second-order valence-corrected chi connectivity index (χ2v) is 6.32. The molecule has 2 rings (SSSR count). The van der Waals surface area contributed by atoms with E-state index in [4.69, 9.17) is 18.9 Å². The molecule has 0 bridgehead atoms. The topological polar surface area (TPSA) is 74.3 Å². The number of likely N-dealkylation sites (tertiary alicyclic amines) is 1. The summed E-state index contributed by atoms with van der Waals surface area (Å²) in [5.41, 5.74) is 0.628. The van der Waals surface area contributed by atoms with Gasteiger partial charge in [0.15, 0.2) is 18.1 Å². The zero-order valence-electron chi connectivity index (χ0n) is 16.3. The number of ether oxygens (including phenoxy) is 4. The van der Waals surface area contributed by atoms with E-state index in [1.807, 2.05) is 6.92 Å². The predicted octanol–water partition coefficient (Wildman–Crippen LogP) is 2.67. The van der Waals surface area contributed by atoms with Crippen molar-refractivity contribution in [2.45, 2.75) is 32.2 Å². The van der Waals surface area contributed by atoms with Gasteiger partial charge in [0.1, 0.15) is 5.75 Å². The highest BCUT2D eigenvalue weighted by Crippen LogP contribution is 2.35. The molecule has 1 atom stereocenters. The van der Waals surface area contributed by atoms with Crippen LogP contribution in [0.4, 0.5) is 0 Å². The van der Waals surface area contributed by atoms with Crippen molar-refractivity contribution in [2.75, 3.05) is 34.5 Å². The Kier molecular flexibility index (Phi) is 7.52. The number of hydrogen-bond acceptors (Lipinski definition) is 6. The summed E-state index contributed by atoms with van der Waals surface area (Å²) in [7, 11) is 4.58. The maximum Gasteiger partial charge on any atom is 0.331 e. The molecule has 7 heteroatoms. The van der Waals surface area contributed by atoms with Gasteiger partial charge in [0.25, 0.3) is 5.91 Å². The van der Waals surface area contributed by atoms with Gasteiger partial charge in [-0.05, 0) is 38.3 Å². The predicted molar refractivity (Wildman–Crippen MR) is 101 cm³/mol. The van der Waals surface area contributed by atoms with Crippen LogP contribution in [-0.4, -0.2) is 57.3 Å². The Bertz CT molecular complexity index is 700. The highest BCUT2D eigenvalue weighted by Gasteiger charge is 2.23. The van der Waals surface area contributed by atoms with Crippen LogP contribution in [0, 0.1) is 0 Å². The van der Waals surface area contributed by atoms with E-state index in [0.29, 0.717) is 22.8 Å². The number of benzene rings is 1. The van der Waals surface area contributed by atoms with E-state index in [0.717, 1.165) is 25.8 Å². The van der Waals surface area contributed by atoms with Crippen molar-refractivity contribution in [2.24, 2.45) is 0 Å². The Morgan fingerprint density at radius 1 is 1.07 bits per heavy atom. The quantitative estimate of drug-likeness (QED) is 0.537. The SMILES string of the molecule is COc1cc(OC)c(OC)cc1/C=C/C(=O)OCC(=O)N1CCCCC1C. The number of rotatable bonds is 7. The van der Waals surface area contributed by atoms with Gasteiger partial charge in [0, 0.05) is 30.3 Å². The Labute approximate surface area is 159 Å². The van der Waals surface area contributed by atoms with Gasteiger partial charge >= 0.3 is 5.97 Å². The van der Waals surface area contributed by atoms with Crippen molar-refractivity contribution in [3.05, 3.63) is 23.8 Å². The Balaban J connectivity index is 1.98. The van der Waals surface area contributed by atoms with Gasteiger partial charge in [-0.2, -0.15) is 0 Å². The minimum atomic E-state index is -0.593. The molecule has 1 unspecified atom stereocenters. The molecular formula is C20H27NO6. The standard InChI is InChI=1S/C20H27NO6/c1-14-7-5-6-10-21(14)19(22)13-27-20(23)9-8-15-11-17(25-3)18(26-4)12-16(15)24-2/h8-9,11-12,14H,5-7,10,13H2,1-4H3/b9-8+. The highest BCUT2D eigenvalue weighted by molar-refractivity contribution is 5.90. The average Bonchev–Trinajstić information content (AvgIpc) is 2.69. The molecule has 1 heterocycles. The lowest BCUT2D eigenvalue weighted by Gasteiger charge is -2.33. The van der Waals surface area contributed by atoms with Crippen LogP contribution in [0.2, 0.25) is 0 Å². The van der Waals surface area contributed by atoms with Gasteiger partial charge in [0.05, 0.1) is 21.3 Å². The number of nitrogens with zero attached hydrogens (tertiary/aromatic N) is 1. The molecule has 1 aromatic carbocycles. The number of carbonyl (C=O) groups is 2. The van der Waals surface area contributed by atoms with Gasteiger partial charge in [-0.1, -0.05) is 0 Å². The van der Waals surface area contributed by atoms with Gasteiger partial charge in [-0.25, -0.2) is 4.79 Å². The van der Waals surface area contributed by atoms with E-state index in [-0.39, 0.29) is 18.6 Å². The first-order chi connectivity index (χ1) is 13.0. The first-order valence-corrected chi connectivity index (χ1v) is 8.94. The van der Waals surface area contributed by atoms with Crippen LogP contribution in [-0.2, 0) is 14.3 Å². The smallest absolute Gasteiger partial charge is 0.331 e. The summed E-state index contributed by atoms with van der Waals surface area (Å²) in [5.74, 6) is 0.809. The molecule has 1 aliphatic rings. The molecule has 1 aromatic rings. The molecule has 0 aromatic heterocycles. The summed E-state index contributed by atoms with van der Waals surface area (Å²) in [6.07, 6.45) is 5.91. The monoisotopic (exact) mass is 377 g/mol. The second kappa shape index (κ2) is 9.85. The molecule has 7 nitrogen and oxygen atoms in total. The third kappa shape index (κ3) is 5.39. The summed E-state index contributed by atoms with van der Waals surface area (Å²) in [4.78, 5) is 26.0. The largest absolute Gasteiger partial charge is 0.496 e. The van der Waals surface area contributed by atoms with Crippen molar-refractivity contribution in [3.8, 4) is 17.2 Å². The summed E-state index contributed by atoms with van der Waals surface area (Å²) in [5, 5.41) is 0. The number of esters is 1. The van der Waals surface area contributed by atoms with E-state index in [9.17, 15) is 9.59 Å². The summed E-state index contributed by atoms with van der Waals surface area (Å²) >= 11 is 0. The molecule has 0 spiro atoms. The van der Waals surface area contributed by atoms with Crippen LogP contribution < -0.4 is 14.2 Å². The van der Waals surface area contributed by atoms with Crippen molar-refractivity contribution < 1.29 is 28.5 Å². The Morgan fingerprint density at radius 2 is 1.74 bits per heavy atom. The van der Waals surface area contributed by atoms with Gasteiger partial charge in [0.2, 0.25) is 0 Å². The second-order valence-electron chi connectivity index (χ2n) is 6.32. The number of piperidine rings is 1. The minimum absolute atomic E-state index is 0.160. The third-order valence-electron chi connectivity index (χ3n) is 4.60. The maximum absolute atomic E-state index is 12.2. The van der Waals surface area contributed by atoms with Gasteiger partial charge < -0.3 is 23.8 Å². The van der Waals surface area contributed by atoms with Crippen LogP contribution in [0.1, 0.15) is 31.7 Å². The van der Waals surface area contributed by atoms with Crippen molar-refractivity contribution in [1.82, 2.24) is 4.90 Å². The molecule has 1 saturated heterocycles. The highest BCUT2D eigenvalue weighted by atomic mass is 16.5. The lowest BCUT2D eigenvalue weighted by Crippen LogP contribution is -2.44. The Hall–Kier alpha value is -2.70. The normalized spacial score (nSPS) is 16.9. The van der Waals surface area contributed by atoms with Gasteiger partial charge in [-0.15, -0.1) is 0 Å². The van der Waals surface area contributed by atoms with Crippen LogP contribution >= 0.6 is 0 Å². The fourth-order valence-electron chi connectivity index (χ4n) is 3.07. The van der Waals surface area contributed by atoms with Crippen LogP contribution in [0.3, 0.4) is 0 Å². The van der Waals surface area contributed by atoms with Crippen molar-refractivity contribution in [3.63, 3.8) is 0 Å².